The van der Waals surface area contributed by atoms with Crippen LogP contribution in [0.5, 0.6) is 0 Å². The van der Waals surface area contributed by atoms with Crippen molar-refractivity contribution in [1.29, 1.82) is 0 Å². The molecule has 0 bridgehead atoms. The molecule has 0 saturated carbocycles. The van der Waals surface area contributed by atoms with Gasteiger partial charge in [-0.2, -0.15) is 0 Å². The summed E-state index contributed by atoms with van der Waals surface area (Å²) < 4.78 is 0. The van der Waals surface area contributed by atoms with Crippen LogP contribution in [-0.2, 0) is 9.59 Å². The molecule has 5 heteroatoms. The van der Waals surface area contributed by atoms with E-state index in [1.165, 1.54) is 19.3 Å². The molecule has 0 unspecified atom stereocenters. The van der Waals surface area contributed by atoms with Crippen LogP contribution in [0.2, 0.25) is 0 Å². The van der Waals surface area contributed by atoms with E-state index in [2.05, 4.69) is 10.2 Å². The summed E-state index contributed by atoms with van der Waals surface area (Å²) in [6.07, 6.45) is 6.01. The van der Waals surface area contributed by atoms with E-state index in [4.69, 9.17) is 5.11 Å². The fourth-order valence-corrected chi connectivity index (χ4v) is 1.90. The van der Waals surface area contributed by atoms with Crippen LogP contribution in [0.15, 0.2) is 0 Å². The Morgan fingerprint density at radius 2 is 1.62 bits per heavy atom. The molecular weight excluding hydrogens is 208 g/mol. The summed E-state index contributed by atoms with van der Waals surface area (Å²) in [5, 5.41) is 10.8. The Kier molecular flexibility index (Phi) is 5.85. The smallest absolute Gasteiger partial charge is 0.322 e. The summed E-state index contributed by atoms with van der Waals surface area (Å²) in [4.78, 5) is 23.8. The zero-order valence-electron chi connectivity index (χ0n) is 9.57. The molecule has 1 amide bonds. The lowest BCUT2D eigenvalue weighted by Gasteiger charge is -2.23. The molecule has 0 aliphatic carbocycles. The molecule has 1 aliphatic heterocycles. The van der Waals surface area contributed by atoms with Gasteiger partial charge in [0.25, 0.3) is 0 Å². The predicted molar refractivity (Wildman–Crippen MR) is 60.2 cm³/mol. The highest BCUT2D eigenvalue weighted by Gasteiger charge is 2.12. The number of amides is 1. The number of carbonyl (C=O) groups is 2. The highest BCUT2D eigenvalue weighted by atomic mass is 16.4. The first kappa shape index (κ1) is 13.0. The number of likely N-dealkylation sites (tertiary alicyclic amines) is 1. The van der Waals surface area contributed by atoms with Gasteiger partial charge in [0.15, 0.2) is 0 Å². The van der Waals surface area contributed by atoms with E-state index >= 15 is 0 Å². The first-order valence-corrected chi connectivity index (χ1v) is 5.89. The maximum Gasteiger partial charge on any atom is 0.322 e. The SMILES string of the molecule is O=C(O)CNC(=O)CN1CCCCCCC1. The molecular formula is C11H20N2O3. The van der Waals surface area contributed by atoms with Gasteiger partial charge in [-0.05, 0) is 25.9 Å². The van der Waals surface area contributed by atoms with E-state index in [9.17, 15) is 9.59 Å². The van der Waals surface area contributed by atoms with E-state index in [0.29, 0.717) is 6.54 Å². The molecule has 16 heavy (non-hydrogen) atoms. The molecule has 0 aromatic carbocycles. The summed E-state index contributed by atoms with van der Waals surface area (Å²) in [6.45, 7) is 1.93. The topological polar surface area (TPSA) is 69.6 Å². The normalized spacial score (nSPS) is 18.5. The zero-order chi connectivity index (χ0) is 11.8. The fraction of sp³-hybridized carbons (Fsp3) is 0.818. The van der Waals surface area contributed by atoms with Gasteiger partial charge < -0.3 is 10.4 Å². The average Bonchev–Trinajstić information content (AvgIpc) is 2.19. The van der Waals surface area contributed by atoms with Crippen molar-refractivity contribution in [2.75, 3.05) is 26.2 Å². The summed E-state index contributed by atoms with van der Waals surface area (Å²) in [6, 6.07) is 0. The van der Waals surface area contributed by atoms with Crippen molar-refractivity contribution in [3.8, 4) is 0 Å². The van der Waals surface area contributed by atoms with E-state index in [1.807, 2.05) is 0 Å². The lowest BCUT2D eigenvalue weighted by Crippen LogP contribution is -2.40. The Hall–Kier alpha value is -1.10. The zero-order valence-corrected chi connectivity index (χ0v) is 9.57. The molecule has 0 aromatic heterocycles. The molecule has 0 spiro atoms. The molecule has 0 aromatic rings. The van der Waals surface area contributed by atoms with Crippen molar-refractivity contribution < 1.29 is 14.7 Å². The molecule has 5 nitrogen and oxygen atoms in total. The lowest BCUT2D eigenvalue weighted by molar-refractivity contribution is -0.138. The van der Waals surface area contributed by atoms with Gasteiger partial charge >= 0.3 is 5.97 Å². The minimum atomic E-state index is -0.999. The third-order valence-electron chi connectivity index (χ3n) is 2.75. The number of carboxylic acid groups (broad SMARTS) is 1. The summed E-state index contributed by atoms with van der Waals surface area (Å²) in [5.74, 6) is -1.19. The first-order valence-electron chi connectivity index (χ1n) is 5.89. The minimum Gasteiger partial charge on any atom is -0.480 e. The standard InChI is InChI=1S/C11H20N2O3/c14-10(12-8-11(15)16)9-13-6-4-2-1-3-5-7-13/h1-9H2,(H,12,14)(H,15,16). The van der Waals surface area contributed by atoms with Crippen LogP contribution in [0.4, 0.5) is 0 Å². The van der Waals surface area contributed by atoms with E-state index in [-0.39, 0.29) is 12.5 Å². The van der Waals surface area contributed by atoms with Crippen molar-refractivity contribution in [2.24, 2.45) is 0 Å². The van der Waals surface area contributed by atoms with Crippen LogP contribution in [0.3, 0.4) is 0 Å². The van der Waals surface area contributed by atoms with Gasteiger partial charge in [-0.3, -0.25) is 14.5 Å². The average molecular weight is 228 g/mol. The van der Waals surface area contributed by atoms with Gasteiger partial charge in [-0.15, -0.1) is 0 Å². The van der Waals surface area contributed by atoms with Gasteiger partial charge in [-0.1, -0.05) is 19.3 Å². The lowest BCUT2D eigenvalue weighted by atomic mass is 10.1. The van der Waals surface area contributed by atoms with Gasteiger partial charge in [0.05, 0.1) is 6.54 Å². The van der Waals surface area contributed by atoms with Crippen molar-refractivity contribution in [2.45, 2.75) is 32.1 Å². The highest BCUT2D eigenvalue weighted by molar-refractivity contribution is 5.82. The number of nitrogens with one attached hydrogen (secondary N) is 1. The van der Waals surface area contributed by atoms with Gasteiger partial charge in [0.1, 0.15) is 6.54 Å². The Morgan fingerprint density at radius 3 is 2.19 bits per heavy atom. The van der Waals surface area contributed by atoms with Gasteiger partial charge in [0.2, 0.25) is 5.91 Å². The molecule has 1 rings (SSSR count). The molecule has 2 N–H and O–H groups in total. The van der Waals surface area contributed by atoms with Crippen LogP contribution < -0.4 is 5.32 Å². The van der Waals surface area contributed by atoms with Gasteiger partial charge in [-0.25, -0.2) is 0 Å². The minimum absolute atomic E-state index is 0.192. The fourth-order valence-electron chi connectivity index (χ4n) is 1.90. The van der Waals surface area contributed by atoms with E-state index in [0.717, 1.165) is 25.9 Å². The van der Waals surface area contributed by atoms with Crippen molar-refractivity contribution >= 4 is 11.9 Å². The Bertz CT molecular complexity index is 235. The maximum absolute atomic E-state index is 11.4. The van der Waals surface area contributed by atoms with Crippen LogP contribution in [0.1, 0.15) is 32.1 Å². The molecule has 1 aliphatic rings. The van der Waals surface area contributed by atoms with Crippen LogP contribution in [0.25, 0.3) is 0 Å². The van der Waals surface area contributed by atoms with Crippen LogP contribution in [0, 0.1) is 0 Å². The van der Waals surface area contributed by atoms with Gasteiger partial charge in [0, 0.05) is 0 Å². The number of carbonyl (C=O) groups excluding carboxylic acids is 1. The maximum atomic E-state index is 11.4. The molecule has 0 radical (unpaired) electrons. The number of rotatable bonds is 4. The number of nitrogens with zero attached hydrogens (tertiary/aromatic N) is 1. The highest BCUT2D eigenvalue weighted by Crippen LogP contribution is 2.09. The molecule has 0 atom stereocenters. The quantitative estimate of drug-likeness (QED) is 0.733. The summed E-state index contributed by atoms with van der Waals surface area (Å²) in [7, 11) is 0. The van der Waals surface area contributed by atoms with E-state index in [1.54, 1.807) is 0 Å². The second-order valence-electron chi connectivity index (χ2n) is 4.21. The van der Waals surface area contributed by atoms with Crippen LogP contribution in [-0.4, -0.2) is 48.1 Å². The Morgan fingerprint density at radius 1 is 1.06 bits per heavy atom. The predicted octanol–water partition coefficient (Wildman–Crippen LogP) is 0.453. The van der Waals surface area contributed by atoms with E-state index < -0.39 is 5.97 Å². The van der Waals surface area contributed by atoms with Crippen molar-refractivity contribution in [3.05, 3.63) is 0 Å². The Labute approximate surface area is 95.8 Å². The molecule has 1 heterocycles. The summed E-state index contributed by atoms with van der Waals surface area (Å²) >= 11 is 0. The van der Waals surface area contributed by atoms with Crippen LogP contribution >= 0.6 is 0 Å². The molecule has 1 fully saturated rings. The third kappa shape index (κ3) is 5.70. The second kappa shape index (κ2) is 7.22. The largest absolute Gasteiger partial charge is 0.480 e. The third-order valence-corrected chi connectivity index (χ3v) is 2.75. The number of hydrogen-bond donors (Lipinski definition) is 2. The number of carboxylic acids is 1. The Balaban J connectivity index is 2.22. The second-order valence-corrected chi connectivity index (χ2v) is 4.21. The monoisotopic (exact) mass is 228 g/mol. The summed E-state index contributed by atoms with van der Waals surface area (Å²) in [5.41, 5.74) is 0. The molecule has 1 saturated heterocycles. The van der Waals surface area contributed by atoms with Crippen molar-refractivity contribution in [1.82, 2.24) is 10.2 Å². The first-order chi connectivity index (χ1) is 7.68. The molecule has 92 valence electrons. The van der Waals surface area contributed by atoms with Crippen molar-refractivity contribution in [3.63, 3.8) is 0 Å². The number of aliphatic carboxylic acids is 1. The number of hydrogen-bond acceptors (Lipinski definition) is 3.